The highest BCUT2D eigenvalue weighted by molar-refractivity contribution is 5.89. The van der Waals surface area contributed by atoms with Gasteiger partial charge in [-0.15, -0.1) is 0 Å². The van der Waals surface area contributed by atoms with Crippen LogP contribution in [0.15, 0.2) is 30.6 Å². The zero-order valence-corrected chi connectivity index (χ0v) is 10.6. The minimum absolute atomic E-state index is 0.0284. The Bertz CT molecular complexity index is 665. The van der Waals surface area contributed by atoms with Crippen molar-refractivity contribution in [1.82, 2.24) is 9.78 Å². The molecule has 0 fully saturated rings. The smallest absolute Gasteiger partial charge is 0.341 e. The van der Waals surface area contributed by atoms with Crippen LogP contribution in [0.25, 0.3) is 5.69 Å². The van der Waals surface area contributed by atoms with E-state index in [1.54, 1.807) is 13.0 Å². The number of aromatic nitrogens is 2. The van der Waals surface area contributed by atoms with Gasteiger partial charge in [0, 0.05) is 6.20 Å². The Morgan fingerprint density at radius 3 is 2.95 bits per heavy atom. The number of para-hydroxylation sites is 1. The van der Waals surface area contributed by atoms with Gasteiger partial charge in [0.25, 0.3) is 0 Å². The van der Waals surface area contributed by atoms with E-state index in [-0.39, 0.29) is 29.2 Å². The molecule has 0 aliphatic carbocycles. The van der Waals surface area contributed by atoms with Crippen LogP contribution in [0.5, 0.6) is 0 Å². The average Bonchev–Trinajstić information content (AvgIpc) is 2.87. The molecule has 0 amide bonds. The molecule has 0 radical (unpaired) electrons. The van der Waals surface area contributed by atoms with Gasteiger partial charge in [-0.25, -0.2) is 9.48 Å². The van der Waals surface area contributed by atoms with Gasteiger partial charge >= 0.3 is 11.7 Å². The molecule has 0 unspecified atom stereocenters. The van der Waals surface area contributed by atoms with Crippen LogP contribution >= 0.6 is 0 Å². The average molecular weight is 276 g/mol. The molecule has 0 aliphatic heterocycles. The second-order valence-corrected chi connectivity index (χ2v) is 3.87. The van der Waals surface area contributed by atoms with E-state index < -0.39 is 10.9 Å². The molecule has 0 atom stereocenters. The van der Waals surface area contributed by atoms with Crippen molar-refractivity contribution in [2.24, 2.45) is 0 Å². The Kier molecular flexibility index (Phi) is 3.65. The Morgan fingerprint density at radius 2 is 2.30 bits per heavy atom. The third-order valence-corrected chi connectivity index (χ3v) is 2.57. The molecular weight excluding hydrogens is 264 g/mol. The maximum Gasteiger partial charge on any atom is 0.341 e. The van der Waals surface area contributed by atoms with Gasteiger partial charge < -0.3 is 10.5 Å². The van der Waals surface area contributed by atoms with Crippen LogP contribution in [-0.4, -0.2) is 27.3 Å². The molecule has 8 heteroatoms. The number of nitro benzene ring substituents is 1. The largest absolute Gasteiger partial charge is 0.462 e. The molecule has 8 nitrogen and oxygen atoms in total. The van der Waals surface area contributed by atoms with E-state index in [9.17, 15) is 14.9 Å². The topological polar surface area (TPSA) is 113 Å². The number of nitrogen functional groups attached to an aromatic ring is 1. The predicted molar refractivity (Wildman–Crippen MR) is 70.6 cm³/mol. The second-order valence-electron chi connectivity index (χ2n) is 3.87. The van der Waals surface area contributed by atoms with Gasteiger partial charge in [-0.1, -0.05) is 6.07 Å². The molecule has 0 spiro atoms. The molecule has 1 aromatic heterocycles. The van der Waals surface area contributed by atoms with Gasteiger partial charge in [0.1, 0.15) is 11.4 Å². The van der Waals surface area contributed by atoms with Crippen molar-refractivity contribution in [3.8, 4) is 5.69 Å². The van der Waals surface area contributed by atoms with E-state index in [0.29, 0.717) is 0 Å². The van der Waals surface area contributed by atoms with Gasteiger partial charge in [-0.2, -0.15) is 5.10 Å². The molecule has 0 saturated carbocycles. The summed E-state index contributed by atoms with van der Waals surface area (Å²) in [6, 6.07) is 4.50. The maximum atomic E-state index is 11.5. The predicted octanol–water partition coefficient (Wildman–Crippen LogP) is 1.54. The van der Waals surface area contributed by atoms with Crippen LogP contribution in [0.4, 0.5) is 11.4 Å². The van der Waals surface area contributed by atoms with Crippen molar-refractivity contribution in [3.63, 3.8) is 0 Å². The van der Waals surface area contributed by atoms with Crippen molar-refractivity contribution in [2.45, 2.75) is 6.92 Å². The lowest BCUT2D eigenvalue weighted by molar-refractivity contribution is -0.383. The highest BCUT2D eigenvalue weighted by Gasteiger charge is 2.20. The van der Waals surface area contributed by atoms with Crippen molar-refractivity contribution in [3.05, 3.63) is 46.3 Å². The number of nitro groups is 1. The standard InChI is InChI=1S/C12H12N4O4/c1-2-20-12(17)8-6-14-15(7-8)10-5-3-4-9(13)11(10)16(18)19/h3-7H,2,13H2,1H3. The van der Waals surface area contributed by atoms with Gasteiger partial charge in [-0.3, -0.25) is 10.1 Å². The molecule has 2 rings (SSSR count). The van der Waals surface area contributed by atoms with E-state index in [1.807, 2.05) is 0 Å². The molecule has 0 aliphatic rings. The van der Waals surface area contributed by atoms with E-state index in [1.165, 1.54) is 29.2 Å². The first-order valence-electron chi connectivity index (χ1n) is 5.79. The minimum Gasteiger partial charge on any atom is -0.462 e. The number of hydrogen-bond donors (Lipinski definition) is 1. The molecule has 2 aromatic rings. The van der Waals surface area contributed by atoms with Gasteiger partial charge in [-0.05, 0) is 19.1 Å². The first kappa shape index (κ1) is 13.5. The number of benzene rings is 1. The normalized spacial score (nSPS) is 10.2. The molecule has 1 aromatic carbocycles. The summed E-state index contributed by atoms with van der Waals surface area (Å²) in [5.74, 6) is -0.537. The molecule has 104 valence electrons. The van der Waals surface area contributed by atoms with E-state index in [4.69, 9.17) is 10.5 Å². The summed E-state index contributed by atoms with van der Waals surface area (Å²) < 4.78 is 6.05. The van der Waals surface area contributed by atoms with E-state index >= 15 is 0 Å². The summed E-state index contributed by atoms with van der Waals surface area (Å²) in [7, 11) is 0. The van der Waals surface area contributed by atoms with Crippen LogP contribution in [0, 0.1) is 10.1 Å². The zero-order valence-electron chi connectivity index (χ0n) is 10.6. The number of nitrogens with zero attached hydrogens (tertiary/aromatic N) is 3. The maximum absolute atomic E-state index is 11.5. The first-order valence-corrected chi connectivity index (χ1v) is 5.79. The highest BCUT2D eigenvalue weighted by Crippen LogP contribution is 2.28. The summed E-state index contributed by atoms with van der Waals surface area (Å²) in [6.45, 7) is 1.92. The fourth-order valence-corrected chi connectivity index (χ4v) is 1.71. The Morgan fingerprint density at radius 1 is 1.55 bits per heavy atom. The van der Waals surface area contributed by atoms with E-state index in [2.05, 4.69) is 5.10 Å². The lowest BCUT2D eigenvalue weighted by atomic mass is 10.2. The van der Waals surface area contributed by atoms with Gasteiger partial charge in [0.2, 0.25) is 0 Å². The van der Waals surface area contributed by atoms with Crippen LogP contribution in [0.3, 0.4) is 0 Å². The Labute approximate surface area is 113 Å². The van der Waals surface area contributed by atoms with Crippen LogP contribution in [0.1, 0.15) is 17.3 Å². The SMILES string of the molecule is CCOC(=O)c1cnn(-c2cccc(N)c2[N+](=O)[O-])c1. The van der Waals surface area contributed by atoms with Crippen molar-refractivity contribution >= 4 is 17.3 Å². The quantitative estimate of drug-likeness (QED) is 0.392. The minimum atomic E-state index is -0.587. The summed E-state index contributed by atoms with van der Waals surface area (Å²) >= 11 is 0. The first-order chi connectivity index (χ1) is 9.54. The summed E-state index contributed by atoms with van der Waals surface area (Å²) in [5.41, 5.74) is 5.77. The molecule has 2 N–H and O–H groups in total. The Hall–Kier alpha value is -2.90. The lowest BCUT2D eigenvalue weighted by Crippen LogP contribution is -2.05. The zero-order chi connectivity index (χ0) is 14.7. The second kappa shape index (κ2) is 5.39. The number of esters is 1. The summed E-state index contributed by atoms with van der Waals surface area (Å²) in [5, 5.41) is 15.0. The molecular formula is C12H12N4O4. The lowest BCUT2D eigenvalue weighted by Gasteiger charge is -2.04. The van der Waals surface area contributed by atoms with Crippen molar-refractivity contribution in [2.75, 3.05) is 12.3 Å². The molecule has 0 saturated heterocycles. The molecule has 1 heterocycles. The monoisotopic (exact) mass is 276 g/mol. The summed E-state index contributed by atoms with van der Waals surface area (Å²) in [4.78, 5) is 22.0. The van der Waals surface area contributed by atoms with Gasteiger partial charge in [0.15, 0.2) is 0 Å². The van der Waals surface area contributed by atoms with E-state index in [0.717, 1.165) is 0 Å². The number of carbonyl (C=O) groups is 1. The number of nitrogens with two attached hydrogens (primary N) is 1. The number of anilines is 1. The molecule has 20 heavy (non-hydrogen) atoms. The van der Waals surface area contributed by atoms with Crippen LogP contribution in [-0.2, 0) is 4.74 Å². The third kappa shape index (κ3) is 2.44. The van der Waals surface area contributed by atoms with Crippen molar-refractivity contribution in [1.29, 1.82) is 0 Å². The summed E-state index contributed by atoms with van der Waals surface area (Å²) in [6.07, 6.45) is 2.64. The van der Waals surface area contributed by atoms with Crippen molar-refractivity contribution < 1.29 is 14.5 Å². The highest BCUT2D eigenvalue weighted by atomic mass is 16.6. The fourth-order valence-electron chi connectivity index (χ4n) is 1.71. The molecule has 0 bridgehead atoms. The fraction of sp³-hybridized carbons (Fsp3) is 0.167. The number of carbonyl (C=O) groups excluding carboxylic acids is 1. The van der Waals surface area contributed by atoms with Crippen LogP contribution in [0.2, 0.25) is 0 Å². The van der Waals surface area contributed by atoms with Crippen LogP contribution < -0.4 is 5.73 Å². The number of hydrogen-bond acceptors (Lipinski definition) is 6. The number of rotatable bonds is 4. The third-order valence-electron chi connectivity index (χ3n) is 2.57. The van der Waals surface area contributed by atoms with Gasteiger partial charge in [0.05, 0.1) is 23.3 Å². The number of ether oxygens (including phenoxy) is 1. The Balaban J connectivity index is 2.45.